The highest BCUT2D eigenvalue weighted by molar-refractivity contribution is 7.99. The normalized spacial score (nSPS) is 11.0. The van der Waals surface area contributed by atoms with E-state index >= 15 is 0 Å². The summed E-state index contributed by atoms with van der Waals surface area (Å²) in [6, 6.07) is 8.21. The van der Waals surface area contributed by atoms with E-state index in [2.05, 4.69) is 53.4 Å². The van der Waals surface area contributed by atoms with Crippen LogP contribution in [0.3, 0.4) is 0 Å². The molecule has 2 aromatic heterocycles. The molecule has 0 amide bonds. The number of aryl methyl sites for hydroxylation is 3. The molecule has 3 aromatic rings. The molecule has 3 rings (SSSR count). The Morgan fingerprint density at radius 1 is 1.22 bits per heavy atom. The van der Waals surface area contributed by atoms with E-state index in [1.807, 2.05) is 30.6 Å². The van der Waals surface area contributed by atoms with Gasteiger partial charge in [0.05, 0.1) is 11.4 Å². The molecule has 0 saturated carbocycles. The fourth-order valence-electron chi connectivity index (χ4n) is 3.27. The van der Waals surface area contributed by atoms with Crippen molar-refractivity contribution in [2.75, 3.05) is 5.75 Å². The molecule has 0 aliphatic heterocycles. The van der Waals surface area contributed by atoms with E-state index in [1.54, 1.807) is 6.33 Å². The molecule has 0 radical (unpaired) electrons. The fourth-order valence-corrected chi connectivity index (χ4v) is 4.07. The maximum absolute atomic E-state index is 12.8. The molecule has 1 aromatic carbocycles. The Morgan fingerprint density at radius 3 is 2.70 bits per heavy atom. The topological polar surface area (TPSA) is 52.7 Å². The molecule has 0 aliphatic carbocycles. The second-order valence-electron chi connectivity index (χ2n) is 6.67. The quantitative estimate of drug-likeness (QED) is 0.345. The van der Waals surface area contributed by atoms with Crippen LogP contribution < -0.4 is 0 Å². The monoisotopic (exact) mass is 380 g/mol. The molecule has 0 N–H and O–H groups in total. The van der Waals surface area contributed by atoms with Gasteiger partial charge in [-0.25, -0.2) is 0 Å². The fraction of sp³-hybridized carbons (Fsp3) is 0.286. The second kappa shape index (κ2) is 7.96. The maximum atomic E-state index is 12.8. The van der Waals surface area contributed by atoms with Crippen LogP contribution in [0.4, 0.5) is 0 Å². The van der Waals surface area contributed by atoms with Crippen molar-refractivity contribution in [2.24, 2.45) is 0 Å². The first-order valence-corrected chi connectivity index (χ1v) is 9.82. The molecule has 0 bridgehead atoms. The Hall–Kier alpha value is -2.60. The first-order valence-electron chi connectivity index (χ1n) is 8.83. The van der Waals surface area contributed by atoms with E-state index in [-0.39, 0.29) is 5.78 Å². The Balaban J connectivity index is 1.79. The van der Waals surface area contributed by atoms with Crippen molar-refractivity contribution < 1.29 is 4.79 Å². The van der Waals surface area contributed by atoms with Gasteiger partial charge in [-0.3, -0.25) is 9.36 Å². The van der Waals surface area contributed by atoms with Crippen molar-refractivity contribution in [3.05, 3.63) is 71.3 Å². The van der Waals surface area contributed by atoms with E-state index in [0.717, 1.165) is 33.4 Å². The summed E-state index contributed by atoms with van der Waals surface area (Å²) in [4.78, 5) is 12.8. The Bertz CT molecular complexity index is 1000. The van der Waals surface area contributed by atoms with Gasteiger partial charge in [0.25, 0.3) is 0 Å². The summed E-state index contributed by atoms with van der Waals surface area (Å²) in [5.74, 6) is 0.417. The van der Waals surface area contributed by atoms with Gasteiger partial charge in [-0.15, -0.1) is 16.8 Å². The number of carbonyl (C=O) groups is 1. The van der Waals surface area contributed by atoms with Gasteiger partial charge in [0.1, 0.15) is 6.33 Å². The lowest BCUT2D eigenvalue weighted by Gasteiger charge is -2.10. The Morgan fingerprint density at radius 2 is 2.00 bits per heavy atom. The standard InChI is InChI=1S/C21H24N4OS/c1-6-9-24-16(4)11-18(17(24)5)20(26)12-27-21-23-22-13-25(21)19-8-7-14(2)10-15(19)3/h6-8,10-11,13H,1,9,12H2,2-5H3. The summed E-state index contributed by atoms with van der Waals surface area (Å²) in [7, 11) is 0. The summed E-state index contributed by atoms with van der Waals surface area (Å²) in [5, 5.41) is 8.96. The van der Waals surface area contributed by atoms with Crippen molar-refractivity contribution in [2.45, 2.75) is 39.4 Å². The zero-order valence-corrected chi connectivity index (χ0v) is 17.0. The van der Waals surface area contributed by atoms with Gasteiger partial charge in [-0.05, 0) is 45.4 Å². The average Bonchev–Trinajstić information content (AvgIpc) is 3.19. The molecule has 0 fully saturated rings. The number of aromatic nitrogens is 4. The highest BCUT2D eigenvalue weighted by Crippen LogP contribution is 2.24. The molecule has 2 heterocycles. The van der Waals surface area contributed by atoms with Crippen LogP contribution >= 0.6 is 11.8 Å². The largest absolute Gasteiger partial charge is 0.345 e. The lowest BCUT2D eigenvalue weighted by molar-refractivity contribution is 0.102. The van der Waals surface area contributed by atoms with Crippen LogP contribution in [0.5, 0.6) is 0 Å². The van der Waals surface area contributed by atoms with Crippen LogP contribution in [-0.4, -0.2) is 30.9 Å². The molecule has 6 heteroatoms. The predicted octanol–water partition coefficient (Wildman–Crippen LogP) is 4.46. The van der Waals surface area contributed by atoms with Gasteiger partial charge in [-0.2, -0.15) is 0 Å². The number of benzene rings is 1. The molecular formula is C21H24N4OS. The number of ketones is 1. The zero-order valence-electron chi connectivity index (χ0n) is 16.2. The third kappa shape index (κ3) is 3.90. The van der Waals surface area contributed by atoms with Gasteiger partial charge in [0.15, 0.2) is 10.9 Å². The second-order valence-corrected chi connectivity index (χ2v) is 7.61. The number of hydrogen-bond donors (Lipinski definition) is 0. The van der Waals surface area contributed by atoms with E-state index in [9.17, 15) is 4.79 Å². The van der Waals surface area contributed by atoms with Crippen molar-refractivity contribution in [1.82, 2.24) is 19.3 Å². The van der Waals surface area contributed by atoms with Gasteiger partial charge < -0.3 is 4.57 Å². The van der Waals surface area contributed by atoms with Gasteiger partial charge in [0, 0.05) is 23.5 Å². The number of nitrogens with zero attached hydrogens (tertiary/aromatic N) is 4. The number of rotatable bonds is 7. The molecule has 140 valence electrons. The summed E-state index contributed by atoms with van der Waals surface area (Å²) in [5.41, 5.74) is 6.21. The van der Waals surface area contributed by atoms with Crippen LogP contribution in [0.1, 0.15) is 32.9 Å². The van der Waals surface area contributed by atoms with Crippen LogP contribution in [0.15, 0.2) is 48.4 Å². The van der Waals surface area contributed by atoms with E-state index in [4.69, 9.17) is 0 Å². The summed E-state index contributed by atoms with van der Waals surface area (Å²) >= 11 is 1.41. The van der Waals surface area contributed by atoms with Gasteiger partial charge in [-0.1, -0.05) is 35.5 Å². The third-order valence-electron chi connectivity index (χ3n) is 4.65. The smallest absolute Gasteiger partial charge is 0.196 e. The minimum Gasteiger partial charge on any atom is -0.345 e. The van der Waals surface area contributed by atoms with E-state index in [0.29, 0.717) is 12.3 Å². The molecule has 0 aliphatic rings. The molecule has 27 heavy (non-hydrogen) atoms. The van der Waals surface area contributed by atoms with Gasteiger partial charge in [0.2, 0.25) is 0 Å². The first kappa shape index (κ1) is 19.2. The molecule has 0 unspecified atom stereocenters. The van der Waals surface area contributed by atoms with E-state index < -0.39 is 0 Å². The van der Waals surface area contributed by atoms with Crippen LogP contribution in [-0.2, 0) is 6.54 Å². The molecule has 0 spiro atoms. The number of hydrogen-bond acceptors (Lipinski definition) is 4. The van der Waals surface area contributed by atoms with Crippen LogP contribution in [0, 0.1) is 27.7 Å². The highest BCUT2D eigenvalue weighted by atomic mass is 32.2. The SMILES string of the molecule is C=CCn1c(C)cc(C(=O)CSc2nncn2-c2ccc(C)cc2C)c1C. The Kier molecular flexibility index (Phi) is 5.65. The average molecular weight is 381 g/mol. The predicted molar refractivity (Wildman–Crippen MR) is 110 cm³/mol. The lowest BCUT2D eigenvalue weighted by atomic mass is 10.1. The van der Waals surface area contributed by atoms with Crippen molar-refractivity contribution in [3.8, 4) is 5.69 Å². The third-order valence-corrected chi connectivity index (χ3v) is 5.59. The molecule has 0 atom stereocenters. The lowest BCUT2D eigenvalue weighted by Crippen LogP contribution is -2.07. The molecule has 0 saturated heterocycles. The molecule has 5 nitrogen and oxygen atoms in total. The number of thioether (sulfide) groups is 1. The van der Waals surface area contributed by atoms with Crippen LogP contribution in [0.2, 0.25) is 0 Å². The van der Waals surface area contributed by atoms with Crippen molar-refractivity contribution in [3.63, 3.8) is 0 Å². The van der Waals surface area contributed by atoms with Gasteiger partial charge >= 0.3 is 0 Å². The highest BCUT2D eigenvalue weighted by Gasteiger charge is 2.17. The summed E-state index contributed by atoms with van der Waals surface area (Å²) < 4.78 is 4.04. The van der Waals surface area contributed by atoms with Crippen LogP contribution in [0.25, 0.3) is 5.69 Å². The number of carbonyl (C=O) groups excluding carboxylic acids is 1. The number of allylic oxidation sites excluding steroid dienone is 1. The first-order chi connectivity index (χ1) is 12.9. The van der Waals surface area contributed by atoms with Crippen molar-refractivity contribution >= 4 is 17.5 Å². The maximum Gasteiger partial charge on any atom is 0.196 e. The summed E-state index contributed by atoms with van der Waals surface area (Å²) in [6.45, 7) is 12.6. The minimum atomic E-state index is 0.0959. The minimum absolute atomic E-state index is 0.0959. The Labute approximate surface area is 164 Å². The zero-order chi connectivity index (χ0) is 19.6. The number of Topliss-reactive ketones (excluding diaryl/α,β-unsaturated/α-hetero) is 1. The summed E-state index contributed by atoms with van der Waals surface area (Å²) in [6.07, 6.45) is 3.54. The van der Waals surface area contributed by atoms with E-state index in [1.165, 1.54) is 17.3 Å². The van der Waals surface area contributed by atoms with Crippen molar-refractivity contribution in [1.29, 1.82) is 0 Å². The molecular weight excluding hydrogens is 356 g/mol.